The number of carbonyl (C=O) groups is 4. The zero-order chi connectivity index (χ0) is 53.0. The van der Waals surface area contributed by atoms with Crippen molar-refractivity contribution in [3.8, 4) is 45.2 Å². The van der Waals surface area contributed by atoms with Crippen molar-refractivity contribution in [3.63, 3.8) is 0 Å². The van der Waals surface area contributed by atoms with Crippen LogP contribution in [0, 0.1) is 13.8 Å². The van der Waals surface area contributed by atoms with Crippen molar-refractivity contribution >= 4 is 57.5 Å². The highest BCUT2D eigenvalue weighted by molar-refractivity contribution is 6.35. The van der Waals surface area contributed by atoms with E-state index in [-0.39, 0.29) is 44.8 Å². The molecule has 0 atom stereocenters. The third-order valence-corrected chi connectivity index (χ3v) is 13.6. The summed E-state index contributed by atoms with van der Waals surface area (Å²) in [6, 6.07) is 41.0. The summed E-state index contributed by atoms with van der Waals surface area (Å²) in [4.78, 5) is 65.1. The minimum absolute atomic E-state index is 0.0263. The molecule has 0 bridgehead atoms. The van der Waals surface area contributed by atoms with Crippen LogP contribution in [0.15, 0.2) is 179 Å². The maximum Gasteiger partial charge on any atom is 0.411 e. The van der Waals surface area contributed by atoms with Crippen LogP contribution in [0.25, 0.3) is 55.9 Å². The molecule has 0 saturated heterocycles. The molecule has 12 rings (SSSR count). The van der Waals surface area contributed by atoms with Gasteiger partial charge in [-0.05, 0) is 144 Å². The molecule has 0 N–H and O–H groups in total. The monoisotopic (exact) mass is 1020 g/mol. The fourth-order valence-electron chi connectivity index (χ4n) is 9.72. The van der Waals surface area contributed by atoms with Gasteiger partial charge < -0.3 is 13.6 Å². The molecule has 0 fully saturated rings. The van der Waals surface area contributed by atoms with Crippen LogP contribution in [-0.2, 0) is 5.41 Å². The molecule has 0 spiro atoms. The fourth-order valence-corrected chi connectivity index (χ4v) is 9.72. The summed E-state index contributed by atoms with van der Waals surface area (Å²) in [6.07, 6.45) is -12.0. The van der Waals surface area contributed by atoms with E-state index in [1.54, 1.807) is 54.6 Å². The van der Waals surface area contributed by atoms with Crippen molar-refractivity contribution in [2.24, 2.45) is 0 Å². The Morgan fingerprint density at radius 2 is 0.842 bits per heavy atom. The van der Waals surface area contributed by atoms with Crippen molar-refractivity contribution in [2.75, 3.05) is 9.80 Å². The fraction of sp³-hybridized carbons (Fsp3) is 0.0847. The van der Waals surface area contributed by atoms with E-state index >= 15 is 26.3 Å². The van der Waals surface area contributed by atoms with Crippen LogP contribution in [0.4, 0.5) is 38.0 Å². The lowest BCUT2D eigenvalue weighted by molar-refractivity contribution is -0.288. The highest BCUT2D eigenvalue weighted by Crippen LogP contribution is 2.57. The van der Waals surface area contributed by atoms with E-state index in [0.29, 0.717) is 63.0 Å². The SMILES string of the molecule is Cc1ccc(Oc2ccc(N3C(=O)c4ccc(-c5ccc6c(c5)C(=O)N(c5nc7cc(C(c8ccc9oc(-c%10ccc(-c%11ccc(C)cc%11)cc%10)nc9c8)(C(F)(F)F)C(F)(F)F)ccc7o5)C6=O)cc4C3=O)cc2)cc1. The van der Waals surface area contributed by atoms with Crippen LogP contribution < -0.4 is 14.5 Å². The van der Waals surface area contributed by atoms with Crippen molar-refractivity contribution in [1.29, 1.82) is 0 Å². The first-order valence-electron chi connectivity index (χ1n) is 23.4. The number of benzene rings is 8. The number of fused-ring (bicyclic) bond motifs is 4. The van der Waals surface area contributed by atoms with E-state index in [4.69, 9.17) is 13.6 Å². The smallest absolute Gasteiger partial charge is 0.411 e. The molecule has 0 saturated carbocycles. The number of hydrogen-bond donors (Lipinski definition) is 0. The van der Waals surface area contributed by atoms with Gasteiger partial charge >= 0.3 is 18.4 Å². The number of nitrogens with zero attached hydrogens (tertiary/aromatic N) is 4. The highest BCUT2D eigenvalue weighted by Gasteiger charge is 2.72. The van der Waals surface area contributed by atoms with Crippen LogP contribution in [0.1, 0.15) is 63.7 Å². The molecule has 4 amide bonds. The van der Waals surface area contributed by atoms with Gasteiger partial charge in [-0.1, -0.05) is 83.9 Å². The van der Waals surface area contributed by atoms with Gasteiger partial charge in [0.15, 0.2) is 11.2 Å². The third-order valence-electron chi connectivity index (χ3n) is 13.6. The molecule has 0 radical (unpaired) electrons. The van der Waals surface area contributed by atoms with Gasteiger partial charge in [0, 0.05) is 5.56 Å². The van der Waals surface area contributed by atoms with Gasteiger partial charge in [0.05, 0.1) is 27.9 Å². The molecule has 8 aromatic carbocycles. The molecular formula is C59H34F6N4O7. The maximum absolute atomic E-state index is 15.5. The summed E-state index contributed by atoms with van der Waals surface area (Å²) < 4.78 is 110. The lowest BCUT2D eigenvalue weighted by atomic mass is 9.72. The lowest BCUT2D eigenvalue weighted by Gasteiger charge is -2.38. The van der Waals surface area contributed by atoms with Crippen LogP contribution in [-0.4, -0.2) is 45.9 Å². The molecule has 2 aliphatic heterocycles. The number of halogens is 6. The van der Waals surface area contributed by atoms with Gasteiger partial charge in [-0.2, -0.15) is 36.2 Å². The molecular weight excluding hydrogens is 991 g/mol. The minimum Gasteiger partial charge on any atom is -0.457 e. The molecule has 2 aromatic heterocycles. The minimum atomic E-state index is -6.00. The van der Waals surface area contributed by atoms with Crippen molar-refractivity contribution in [2.45, 2.75) is 31.6 Å². The number of hydrogen-bond acceptors (Lipinski definition) is 9. The van der Waals surface area contributed by atoms with Crippen LogP contribution in [0.2, 0.25) is 0 Å². The number of carbonyl (C=O) groups excluding carboxylic acids is 4. The molecule has 17 heteroatoms. The number of imide groups is 2. The molecule has 10 aromatic rings. The Morgan fingerprint density at radius 1 is 0.421 bits per heavy atom. The first kappa shape index (κ1) is 47.4. The highest BCUT2D eigenvalue weighted by atomic mass is 19.4. The number of rotatable bonds is 9. The summed E-state index contributed by atoms with van der Waals surface area (Å²) in [5.74, 6) is -1.98. The Hall–Kier alpha value is -9.64. The summed E-state index contributed by atoms with van der Waals surface area (Å²) in [7, 11) is 0. The zero-order valence-electron chi connectivity index (χ0n) is 39.6. The maximum atomic E-state index is 15.5. The Kier molecular flexibility index (Phi) is 10.7. The van der Waals surface area contributed by atoms with E-state index in [1.807, 2.05) is 62.4 Å². The van der Waals surface area contributed by atoms with E-state index in [0.717, 1.165) is 39.3 Å². The summed E-state index contributed by atoms with van der Waals surface area (Å²) in [5, 5.41) is 0. The van der Waals surface area contributed by atoms with Gasteiger partial charge in [-0.25, -0.2) is 9.88 Å². The third kappa shape index (κ3) is 7.60. The van der Waals surface area contributed by atoms with Gasteiger partial charge in [0.2, 0.25) is 11.3 Å². The van der Waals surface area contributed by atoms with E-state index in [9.17, 15) is 19.2 Å². The number of anilines is 2. The lowest BCUT2D eigenvalue weighted by Crippen LogP contribution is -2.54. The van der Waals surface area contributed by atoms with E-state index < -0.39 is 64.1 Å². The second kappa shape index (κ2) is 17.2. The number of alkyl halides is 6. The topological polar surface area (TPSA) is 136 Å². The Bertz CT molecular complexity index is 4040. The van der Waals surface area contributed by atoms with Crippen molar-refractivity contribution in [1.82, 2.24) is 9.97 Å². The Morgan fingerprint density at radius 3 is 1.38 bits per heavy atom. The first-order valence-corrected chi connectivity index (χ1v) is 23.4. The van der Waals surface area contributed by atoms with Gasteiger partial charge in [0.25, 0.3) is 23.6 Å². The quantitative estimate of drug-likeness (QED) is 0.102. The molecule has 374 valence electrons. The Balaban J connectivity index is 0.815. The largest absolute Gasteiger partial charge is 0.457 e. The molecule has 11 nitrogen and oxygen atoms in total. The summed E-state index contributed by atoms with van der Waals surface area (Å²) in [5.41, 5.74) is -2.87. The number of aromatic nitrogens is 2. The molecule has 2 aliphatic rings. The van der Waals surface area contributed by atoms with Gasteiger partial charge in [-0.15, -0.1) is 0 Å². The molecule has 4 heterocycles. The van der Waals surface area contributed by atoms with Crippen LogP contribution in [0.5, 0.6) is 11.5 Å². The average molecular weight is 1020 g/mol. The van der Waals surface area contributed by atoms with Gasteiger partial charge in [0.1, 0.15) is 22.5 Å². The molecule has 76 heavy (non-hydrogen) atoms. The first-order chi connectivity index (χ1) is 36.4. The van der Waals surface area contributed by atoms with Crippen LogP contribution >= 0.6 is 0 Å². The molecule has 0 aliphatic carbocycles. The average Bonchev–Trinajstić information content (AvgIpc) is 4.20. The zero-order valence-corrected chi connectivity index (χ0v) is 39.6. The van der Waals surface area contributed by atoms with E-state index in [1.165, 1.54) is 30.3 Å². The van der Waals surface area contributed by atoms with E-state index in [2.05, 4.69) is 9.97 Å². The van der Waals surface area contributed by atoms with Crippen molar-refractivity contribution in [3.05, 3.63) is 214 Å². The standard InChI is InChI=1S/C59H34F6N4O7/c1-31-3-7-33(8-4-31)34-9-11-35(12-10-34)51-66-47-29-38(15-25-49(47)75-51)57(58(60,61)62,59(63,64)65)39-16-26-50-48(30-39)67-56(76-50)69-53(71)44-24-14-37(28-46(44)55(69)73)36-13-23-43-45(27-36)54(72)68(52(43)70)40-17-21-42(22-18-40)74-41-19-5-32(2)6-20-41/h3-30H,1-2H3. The Labute approximate surface area is 426 Å². The number of ether oxygens (including phenoxy) is 1. The second-order valence-electron chi connectivity index (χ2n) is 18.4. The summed E-state index contributed by atoms with van der Waals surface area (Å²) >= 11 is 0. The number of aryl methyl sites for hydroxylation is 2. The molecule has 0 unspecified atom stereocenters. The number of oxazole rings is 2. The van der Waals surface area contributed by atoms with Gasteiger partial charge in [-0.3, -0.25) is 19.2 Å². The second-order valence-corrected chi connectivity index (χ2v) is 18.4. The van der Waals surface area contributed by atoms with Crippen LogP contribution in [0.3, 0.4) is 0 Å². The number of amides is 4. The predicted molar refractivity (Wildman–Crippen MR) is 268 cm³/mol. The summed E-state index contributed by atoms with van der Waals surface area (Å²) in [6.45, 7) is 3.91. The normalized spacial score (nSPS) is 13.8. The van der Waals surface area contributed by atoms with Crippen molar-refractivity contribution < 1.29 is 59.1 Å². The predicted octanol–water partition coefficient (Wildman–Crippen LogP) is 14.4.